The van der Waals surface area contributed by atoms with E-state index in [0.29, 0.717) is 5.56 Å². The summed E-state index contributed by atoms with van der Waals surface area (Å²) in [6.07, 6.45) is 1.16. The zero-order valence-electron chi connectivity index (χ0n) is 17.7. The maximum Gasteiger partial charge on any atom is 0.311 e. The molecule has 0 atom stereocenters. The molecule has 2 N–H and O–H groups in total. The van der Waals surface area contributed by atoms with E-state index in [0.717, 1.165) is 28.9 Å². The Morgan fingerprint density at radius 1 is 1.00 bits per heavy atom. The summed E-state index contributed by atoms with van der Waals surface area (Å²) < 4.78 is 2.11. The van der Waals surface area contributed by atoms with Crippen LogP contribution >= 0.6 is 0 Å². The minimum absolute atomic E-state index is 0.122. The molecule has 0 bridgehead atoms. The number of nitro benzene ring substituents is 1. The maximum atomic E-state index is 12.4. The topological polar surface area (TPSA) is 110 Å². The predicted octanol–water partition coefficient (Wildman–Crippen LogP) is 4.83. The number of rotatable bonds is 6. The standard InChI is InChI=1S/C25H20N4O4/c1-17-10-15-22(18-6-3-2-4-7-18)28(17)21-13-11-19(12-14-21)25(31)27-26-16-20-8-5-9-23(24(20)30)29(32)33/h2-16,30H,1H3,(H,27,31). The first-order chi connectivity index (χ1) is 16.0. The number of hydrogen-bond donors (Lipinski definition) is 2. The highest BCUT2D eigenvalue weighted by atomic mass is 16.6. The number of hydrogen-bond acceptors (Lipinski definition) is 5. The van der Waals surface area contributed by atoms with Crippen molar-refractivity contribution < 1.29 is 14.8 Å². The van der Waals surface area contributed by atoms with Crippen molar-refractivity contribution in [1.82, 2.24) is 9.99 Å². The summed E-state index contributed by atoms with van der Waals surface area (Å²) in [5.74, 6) is -0.962. The van der Waals surface area contributed by atoms with Crippen LogP contribution < -0.4 is 5.43 Å². The van der Waals surface area contributed by atoms with Crippen LogP contribution in [-0.4, -0.2) is 26.7 Å². The number of phenolic OH excluding ortho intramolecular Hbond substituents is 1. The van der Waals surface area contributed by atoms with Crippen LogP contribution in [0.3, 0.4) is 0 Å². The molecule has 1 heterocycles. The zero-order chi connectivity index (χ0) is 23.4. The van der Waals surface area contributed by atoms with Crippen LogP contribution in [-0.2, 0) is 0 Å². The molecule has 0 aliphatic carbocycles. The SMILES string of the molecule is Cc1ccc(-c2ccccc2)n1-c1ccc(C(=O)NN=Cc2cccc([N+](=O)[O-])c2O)cc1. The van der Waals surface area contributed by atoms with Crippen molar-refractivity contribution in [1.29, 1.82) is 0 Å². The number of nitrogens with one attached hydrogen (secondary N) is 1. The fourth-order valence-electron chi connectivity index (χ4n) is 3.50. The van der Waals surface area contributed by atoms with Gasteiger partial charge < -0.3 is 9.67 Å². The average molecular weight is 440 g/mol. The molecule has 0 spiro atoms. The fraction of sp³-hybridized carbons (Fsp3) is 0.0400. The number of nitro groups is 1. The highest BCUT2D eigenvalue weighted by Gasteiger charge is 2.15. The van der Waals surface area contributed by atoms with E-state index < -0.39 is 22.3 Å². The van der Waals surface area contributed by atoms with Crippen molar-refractivity contribution in [2.45, 2.75) is 6.92 Å². The minimum atomic E-state index is -0.692. The summed E-state index contributed by atoms with van der Waals surface area (Å²) in [6.45, 7) is 2.02. The van der Waals surface area contributed by atoms with E-state index >= 15 is 0 Å². The number of para-hydroxylation sites is 1. The van der Waals surface area contributed by atoms with Crippen LogP contribution in [0.5, 0.6) is 5.75 Å². The Morgan fingerprint density at radius 2 is 1.73 bits per heavy atom. The molecule has 0 saturated carbocycles. The molecule has 164 valence electrons. The summed E-state index contributed by atoms with van der Waals surface area (Å²) in [7, 11) is 0. The van der Waals surface area contributed by atoms with E-state index in [9.17, 15) is 20.0 Å². The van der Waals surface area contributed by atoms with Gasteiger partial charge in [0, 0.05) is 28.6 Å². The van der Waals surface area contributed by atoms with Crippen molar-refractivity contribution in [3.05, 3.63) is 112 Å². The number of aromatic nitrogens is 1. The van der Waals surface area contributed by atoms with E-state index in [-0.39, 0.29) is 5.56 Å². The number of hydrazone groups is 1. The average Bonchev–Trinajstić information content (AvgIpc) is 3.22. The maximum absolute atomic E-state index is 12.4. The van der Waals surface area contributed by atoms with Gasteiger partial charge in [0.25, 0.3) is 5.91 Å². The van der Waals surface area contributed by atoms with Gasteiger partial charge in [-0.25, -0.2) is 5.43 Å². The van der Waals surface area contributed by atoms with Gasteiger partial charge in [-0.05, 0) is 55.0 Å². The number of benzene rings is 3. The van der Waals surface area contributed by atoms with E-state index in [1.54, 1.807) is 12.1 Å². The van der Waals surface area contributed by atoms with Gasteiger partial charge in [-0.15, -0.1) is 0 Å². The number of aryl methyl sites for hydroxylation is 1. The zero-order valence-corrected chi connectivity index (χ0v) is 17.7. The quantitative estimate of drug-likeness (QED) is 0.254. The van der Waals surface area contributed by atoms with Crippen molar-refractivity contribution in [3.8, 4) is 22.7 Å². The molecule has 0 unspecified atom stereocenters. The number of amides is 1. The van der Waals surface area contributed by atoms with Gasteiger partial charge in [0.15, 0.2) is 0 Å². The lowest BCUT2D eigenvalue weighted by atomic mass is 10.1. The van der Waals surface area contributed by atoms with E-state index in [1.807, 2.05) is 55.5 Å². The summed E-state index contributed by atoms with van der Waals surface area (Å²) in [5.41, 5.74) is 6.56. The number of aromatic hydroxyl groups is 1. The van der Waals surface area contributed by atoms with Gasteiger partial charge in [-0.2, -0.15) is 5.10 Å². The van der Waals surface area contributed by atoms with Crippen LogP contribution in [0.1, 0.15) is 21.6 Å². The monoisotopic (exact) mass is 440 g/mol. The molecule has 33 heavy (non-hydrogen) atoms. The molecule has 0 fully saturated rings. The molecule has 3 aromatic carbocycles. The van der Waals surface area contributed by atoms with Crippen molar-refractivity contribution in [2.75, 3.05) is 0 Å². The summed E-state index contributed by atoms with van der Waals surface area (Å²) >= 11 is 0. The molecule has 0 saturated heterocycles. The largest absolute Gasteiger partial charge is 0.502 e. The molecular weight excluding hydrogens is 420 g/mol. The number of carbonyl (C=O) groups is 1. The van der Waals surface area contributed by atoms with Crippen molar-refractivity contribution >= 4 is 17.8 Å². The van der Waals surface area contributed by atoms with Gasteiger partial charge in [0.2, 0.25) is 5.75 Å². The first-order valence-electron chi connectivity index (χ1n) is 10.1. The second-order valence-electron chi connectivity index (χ2n) is 7.28. The van der Waals surface area contributed by atoms with Crippen LogP contribution in [0.15, 0.2) is 90.0 Å². The minimum Gasteiger partial charge on any atom is -0.502 e. The van der Waals surface area contributed by atoms with Crippen LogP contribution in [0.4, 0.5) is 5.69 Å². The normalized spacial score (nSPS) is 10.9. The lowest BCUT2D eigenvalue weighted by Gasteiger charge is -2.12. The second-order valence-corrected chi connectivity index (χ2v) is 7.28. The first-order valence-corrected chi connectivity index (χ1v) is 10.1. The van der Waals surface area contributed by atoms with Crippen molar-refractivity contribution in [2.24, 2.45) is 5.10 Å². The Balaban J connectivity index is 1.50. The Morgan fingerprint density at radius 3 is 2.42 bits per heavy atom. The molecular formula is C25H20N4O4. The van der Waals surface area contributed by atoms with Crippen LogP contribution in [0, 0.1) is 17.0 Å². The van der Waals surface area contributed by atoms with Crippen LogP contribution in [0.25, 0.3) is 16.9 Å². The molecule has 0 aliphatic rings. The predicted molar refractivity (Wildman–Crippen MR) is 126 cm³/mol. The second kappa shape index (κ2) is 9.19. The molecule has 1 aromatic heterocycles. The Bertz CT molecular complexity index is 1340. The van der Waals surface area contributed by atoms with Gasteiger partial charge >= 0.3 is 5.69 Å². The Kier molecular flexibility index (Phi) is 5.99. The van der Waals surface area contributed by atoms with E-state index in [2.05, 4.69) is 21.2 Å². The van der Waals surface area contributed by atoms with Gasteiger partial charge in [-0.1, -0.05) is 36.4 Å². The third kappa shape index (κ3) is 4.49. The molecule has 4 aromatic rings. The van der Waals surface area contributed by atoms with E-state index in [1.165, 1.54) is 18.2 Å². The summed E-state index contributed by atoms with van der Waals surface area (Å²) in [4.78, 5) is 22.7. The molecule has 1 amide bonds. The first kappa shape index (κ1) is 21.5. The van der Waals surface area contributed by atoms with Gasteiger partial charge in [0.05, 0.1) is 16.8 Å². The molecule has 8 heteroatoms. The van der Waals surface area contributed by atoms with Gasteiger partial charge in [0.1, 0.15) is 0 Å². The summed E-state index contributed by atoms with van der Waals surface area (Å²) in [6, 6.07) is 25.3. The summed E-state index contributed by atoms with van der Waals surface area (Å²) in [5, 5.41) is 24.7. The van der Waals surface area contributed by atoms with E-state index in [4.69, 9.17) is 0 Å². The molecule has 4 rings (SSSR count). The molecule has 0 aliphatic heterocycles. The third-order valence-corrected chi connectivity index (χ3v) is 5.15. The van der Waals surface area contributed by atoms with Gasteiger partial charge in [-0.3, -0.25) is 14.9 Å². The number of carbonyl (C=O) groups excluding carboxylic acids is 1. The fourth-order valence-corrected chi connectivity index (χ4v) is 3.50. The third-order valence-electron chi connectivity index (χ3n) is 5.15. The lowest BCUT2D eigenvalue weighted by molar-refractivity contribution is -0.385. The lowest BCUT2D eigenvalue weighted by Crippen LogP contribution is -2.17. The number of phenols is 1. The van der Waals surface area contributed by atoms with Crippen LogP contribution in [0.2, 0.25) is 0 Å². The van der Waals surface area contributed by atoms with Crippen molar-refractivity contribution in [3.63, 3.8) is 0 Å². The highest BCUT2D eigenvalue weighted by Crippen LogP contribution is 2.28. The smallest absolute Gasteiger partial charge is 0.311 e. The highest BCUT2D eigenvalue weighted by molar-refractivity contribution is 5.95. The number of nitrogens with zero attached hydrogens (tertiary/aromatic N) is 3. The molecule has 8 nitrogen and oxygen atoms in total. The Hall–Kier alpha value is -4.72. The Labute approximate surface area is 189 Å². The molecule has 0 radical (unpaired) electrons.